The van der Waals surface area contributed by atoms with E-state index in [2.05, 4.69) is 124 Å². The lowest BCUT2D eigenvalue weighted by Gasteiger charge is -2.20. The standard InChI is InChI=1S/C33H34S3Si2/c1-37(2,3)30-21-24-17-22-19-28-29(20-23(22)18-27(24)31(30)34-25-13-9-7-10-14-25)36-33(38(4,5)6)32(28)35-26-15-11-8-12-16-26/h7-20H,21H2,1-6H3. The first kappa shape index (κ1) is 26.2. The maximum Gasteiger partial charge on any atom is 0.0919 e. The largest absolute Gasteiger partial charge is 0.144 e. The molecule has 0 atom stereocenters. The molecule has 0 amide bonds. The molecule has 0 fully saturated rings. The van der Waals surface area contributed by atoms with E-state index in [9.17, 15) is 0 Å². The van der Waals surface area contributed by atoms with Crippen LogP contribution in [0.1, 0.15) is 11.1 Å². The summed E-state index contributed by atoms with van der Waals surface area (Å²) in [5, 5.41) is 5.88. The van der Waals surface area contributed by atoms with E-state index in [1.54, 1.807) is 9.70 Å². The Morgan fingerprint density at radius 3 is 1.87 bits per heavy atom. The van der Waals surface area contributed by atoms with E-state index < -0.39 is 16.1 Å². The van der Waals surface area contributed by atoms with Crippen molar-refractivity contribution in [3.63, 3.8) is 0 Å². The van der Waals surface area contributed by atoms with Crippen LogP contribution in [0.15, 0.2) is 105 Å². The topological polar surface area (TPSA) is 0 Å². The summed E-state index contributed by atoms with van der Waals surface area (Å²) in [7, 11) is -2.97. The summed E-state index contributed by atoms with van der Waals surface area (Å²) in [4.78, 5) is 5.66. The molecule has 1 aliphatic rings. The first-order chi connectivity index (χ1) is 18.1. The zero-order valence-corrected chi connectivity index (χ0v) is 27.5. The van der Waals surface area contributed by atoms with E-state index in [1.165, 1.54) is 51.6 Å². The van der Waals surface area contributed by atoms with E-state index in [0.29, 0.717) is 0 Å². The second kappa shape index (κ2) is 9.86. The molecule has 4 aromatic carbocycles. The van der Waals surface area contributed by atoms with E-state index in [0.717, 1.165) is 6.42 Å². The molecule has 0 aliphatic heterocycles. The number of fused-ring (bicyclic) bond motifs is 3. The number of hydrogen-bond donors (Lipinski definition) is 0. The first-order valence-electron chi connectivity index (χ1n) is 13.3. The highest BCUT2D eigenvalue weighted by atomic mass is 32.2. The number of allylic oxidation sites excluding steroid dienone is 1. The number of benzene rings is 4. The van der Waals surface area contributed by atoms with Gasteiger partial charge in [-0.15, -0.1) is 11.3 Å². The number of thiophene rings is 1. The quantitative estimate of drug-likeness (QED) is 0.183. The normalized spacial score (nSPS) is 14.1. The van der Waals surface area contributed by atoms with Crippen molar-refractivity contribution in [3.8, 4) is 0 Å². The summed E-state index contributed by atoms with van der Waals surface area (Å²) in [5.41, 5.74) is 2.97. The monoisotopic (exact) mass is 582 g/mol. The summed E-state index contributed by atoms with van der Waals surface area (Å²) in [6.45, 7) is 15.0. The third kappa shape index (κ3) is 5.00. The van der Waals surface area contributed by atoms with Crippen molar-refractivity contribution in [2.24, 2.45) is 0 Å². The van der Waals surface area contributed by atoms with E-state index >= 15 is 0 Å². The summed E-state index contributed by atoms with van der Waals surface area (Å²) >= 11 is 5.96. The summed E-state index contributed by atoms with van der Waals surface area (Å²) in [5.74, 6) is 0. The smallest absolute Gasteiger partial charge is 0.0919 e. The third-order valence-electron chi connectivity index (χ3n) is 7.22. The van der Waals surface area contributed by atoms with E-state index in [-0.39, 0.29) is 0 Å². The minimum atomic E-state index is -1.50. The average molecular weight is 583 g/mol. The SMILES string of the molecule is C[Si](C)(C)C1=C(Sc2ccccc2)c2cc3cc4sc([Si](C)(C)C)c(Sc5ccccc5)c4cc3cc2C1. The average Bonchev–Trinajstić information content (AvgIpc) is 3.40. The van der Waals surface area contributed by atoms with Crippen molar-refractivity contribution in [3.05, 3.63) is 101 Å². The van der Waals surface area contributed by atoms with Gasteiger partial charge in [0.2, 0.25) is 0 Å². The molecule has 5 heteroatoms. The van der Waals surface area contributed by atoms with Crippen molar-refractivity contribution in [2.45, 2.75) is 60.4 Å². The fourth-order valence-corrected chi connectivity index (χ4v) is 14.4. The van der Waals surface area contributed by atoms with Crippen LogP contribution in [0, 0.1) is 0 Å². The molecule has 0 saturated heterocycles. The summed E-state index contributed by atoms with van der Waals surface area (Å²) < 4.78 is 3.04. The molecule has 38 heavy (non-hydrogen) atoms. The van der Waals surface area contributed by atoms with Gasteiger partial charge in [-0.2, -0.15) is 0 Å². The predicted octanol–water partition coefficient (Wildman–Crippen LogP) is 10.7. The fraction of sp³-hybridized carbons (Fsp3) is 0.212. The van der Waals surface area contributed by atoms with Crippen LogP contribution >= 0.6 is 34.9 Å². The van der Waals surface area contributed by atoms with Gasteiger partial charge >= 0.3 is 0 Å². The minimum absolute atomic E-state index is 1.10. The molecule has 0 radical (unpaired) electrons. The molecule has 1 aromatic heterocycles. The van der Waals surface area contributed by atoms with Gasteiger partial charge in [0.15, 0.2) is 0 Å². The van der Waals surface area contributed by atoms with Gasteiger partial charge in [0.1, 0.15) is 0 Å². The Kier molecular flexibility index (Phi) is 6.80. The molecule has 0 saturated carbocycles. The Labute approximate surface area is 241 Å². The molecule has 192 valence electrons. The van der Waals surface area contributed by atoms with Gasteiger partial charge in [0, 0.05) is 34.2 Å². The fourth-order valence-electron chi connectivity index (χ4n) is 5.24. The molecule has 0 nitrogen and oxygen atoms in total. The molecular formula is C33H34S3Si2. The lowest BCUT2D eigenvalue weighted by Crippen LogP contribution is -2.36. The van der Waals surface area contributed by atoms with Crippen molar-refractivity contribution < 1.29 is 0 Å². The number of rotatable bonds is 6. The summed E-state index contributed by atoms with van der Waals surface area (Å²) in [6, 6.07) is 31.8. The van der Waals surface area contributed by atoms with Crippen LogP contribution in [-0.2, 0) is 6.42 Å². The molecule has 6 rings (SSSR count). The maximum absolute atomic E-state index is 2.51. The Bertz CT molecular complexity index is 1690. The molecule has 1 heterocycles. The molecule has 0 N–H and O–H groups in total. The zero-order chi connectivity index (χ0) is 26.7. The van der Waals surface area contributed by atoms with Crippen molar-refractivity contribution in [1.82, 2.24) is 0 Å². The van der Waals surface area contributed by atoms with Crippen LogP contribution in [0.25, 0.3) is 25.8 Å². The molecule has 0 spiro atoms. The van der Waals surface area contributed by atoms with E-state index in [1.807, 2.05) is 34.9 Å². The van der Waals surface area contributed by atoms with Crippen molar-refractivity contribution >= 4 is 81.3 Å². The maximum atomic E-state index is 2.51. The molecule has 5 aromatic rings. The Balaban J connectivity index is 1.51. The van der Waals surface area contributed by atoms with Gasteiger partial charge in [0.05, 0.1) is 16.1 Å². The zero-order valence-electron chi connectivity index (χ0n) is 23.0. The minimum Gasteiger partial charge on any atom is -0.144 e. The van der Waals surface area contributed by atoms with Gasteiger partial charge in [0.25, 0.3) is 0 Å². The van der Waals surface area contributed by atoms with Gasteiger partial charge in [-0.3, -0.25) is 0 Å². The van der Waals surface area contributed by atoms with Gasteiger partial charge in [-0.25, -0.2) is 0 Å². The first-order valence-corrected chi connectivity index (χ1v) is 22.8. The highest BCUT2D eigenvalue weighted by molar-refractivity contribution is 8.08. The molecule has 0 unspecified atom stereocenters. The Morgan fingerprint density at radius 2 is 1.26 bits per heavy atom. The predicted molar refractivity (Wildman–Crippen MR) is 179 cm³/mol. The highest BCUT2D eigenvalue weighted by Crippen LogP contribution is 2.48. The van der Waals surface area contributed by atoms with Crippen molar-refractivity contribution in [1.29, 1.82) is 0 Å². The van der Waals surface area contributed by atoms with Gasteiger partial charge < -0.3 is 0 Å². The van der Waals surface area contributed by atoms with E-state index in [4.69, 9.17) is 0 Å². The van der Waals surface area contributed by atoms with Crippen molar-refractivity contribution in [2.75, 3.05) is 0 Å². The second-order valence-electron chi connectivity index (χ2n) is 12.3. The molecular weight excluding hydrogens is 549 g/mol. The lowest BCUT2D eigenvalue weighted by molar-refractivity contribution is 1.27. The molecule has 1 aliphatic carbocycles. The van der Waals surface area contributed by atoms with Crippen LogP contribution in [0.3, 0.4) is 0 Å². The lowest BCUT2D eigenvalue weighted by atomic mass is 10.0. The van der Waals surface area contributed by atoms with Crippen LogP contribution in [-0.4, -0.2) is 16.1 Å². The highest BCUT2D eigenvalue weighted by Gasteiger charge is 2.32. The van der Waals surface area contributed by atoms with Gasteiger partial charge in [-0.05, 0) is 70.8 Å². The second-order valence-corrected chi connectivity index (χ2v) is 26.0. The third-order valence-corrected chi connectivity index (χ3v) is 17.0. The number of hydrogen-bond acceptors (Lipinski definition) is 3. The Hall–Kier alpha value is -2.03. The summed E-state index contributed by atoms with van der Waals surface area (Å²) in [6.07, 6.45) is 1.10. The molecule has 0 bridgehead atoms. The van der Waals surface area contributed by atoms with Gasteiger partial charge in [-0.1, -0.05) is 110 Å². The van der Waals surface area contributed by atoms with Crippen LogP contribution in [0.2, 0.25) is 39.3 Å². The van der Waals surface area contributed by atoms with Crippen LogP contribution in [0.5, 0.6) is 0 Å². The Morgan fingerprint density at radius 1 is 0.658 bits per heavy atom. The van der Waals surface area contributed by atoms with Crippen LogP contribution < -0.4 is 4.50 Å². The van der Waals surface area contributed by atoms with Crippen LogP contribution in [0.4, 0.5) is 0 Å². The number of thioether (sulfide) groups is 1.